The van der Waals surface area contributed by atoms with Crippen molar-refractivity contribution >= 4 is 16.4 Å². The lowest BCUT2D eigenvalue weighted by molar-refractivity contribution is -0.136. The van der Waals surface area contributed by atoms with E-state index in [0.29, 0.717) is 0 Å². The van der Waals surface area contributed by atoms with Gasteiger partial charge in [0.05, 0.1) is 0 Å². The van der Waals surface area contributed by atoms with Crippen molar-refractivity contribution in [2.75, 3.05) is 0 Å². The van der Waals surface area contributed by atoms with Gasteiger partial charge in [0, 0.05) is 6.42 Å². The van der Waals surface area contributed by atoms with Crippen molar-refractivity contribution in [3.05, 3.63) is 0 Å². The zero-order valence-corrected chi connectivity index (χ0v) is 7.41. The van der Waals surface area contributed by atoms with Crippen LogP contribution in [0.25, 0.3) is 0 Å². The first-order chi connectivity index (χ1) is 4.27. The SMILES string of the molecule is CCC(=O)O.N.N.O=S(=O)(O)O. The molecule has 0 rings (SSSR count). The molecule has 0 spiro atoms. The summed E-state index contributed by atoms with van der Waals surface area (Å²) >= 11 is 0. The first-order valence-corrected chi connectivity index (χ1v) is 3.58. The van der Waals surface area contributed by atoms with E-state index in [1.54, 1.807) is 6.92 Å². The van der Waals surface area contributed by atoms with Crippen molar-refractivity contribution in [3.63, 3.8) is 0 Å². The molecule has 0 aromatic heterocycles. The van der Waals surface area contributed by atoms with Gasteiger partial charge in [-0.05, 0) is 0 Å². The predicted octanol–water partition coefficient (Wildman–Crippen LogP) is 0.152. The van der Waals surface area contributed by atoms with Crippen molar-refractivity contribution in [3.8, 4) is 0 Å². The molecule has 0 atom stereocenters. The molecule has 8 nitrogen and oxygen atoms in total. The van der Waals surface area contributed by atoms with Gasteiger partial charge in [0.1, 0.15) is 0 Å². The van der Waals surface area contributed by atoms with Gasteiger partial charge in [0.2, 0.25) is 0 Å². The molecular weight excluding hydrogens is 192 g/mol. The van der Waals surface area contributed by atoms with Gasteiger partial charge < -0.3 is 17.4 Å². The van der Waals surface area contributed by atoms with E-state index in [1.165, 1.54) is 0 Å². The highest BCUT2D eigenvalue weighted by Gasteiger charge is 1.84. The third-order valence-corrected chi connectivity index (χ3v) is 0.302. The van der Waals surface area contributed by atoms with Crippen LogP contribution >= 0.6 is 0 Å². The van der Waals surface area contributed by atoms with Crippen LogP contribution in [0.1, 0.15) is 13.3 Å². The Hall–Kier alpha value is -0.740. The molecule has 0 fully saturated rings. The Labute approximate surface area is 70.3 Å². The van der Waals surface area contributed by atoms with Crippen LogP contribution in [0.3, 0.4) is 0 Å². The Morgan fingerprint density at radius 3 is 1.33 bits per heavy atom. The van der Waals surface area contributed by atoms with Crippen molar-refractivity contribution < 1.29 is 27.4 Å². The minimum Gasteiger partial charge on any atom is -0.481 e. The van der Waals surface area contributed by atoms with Gasteiger partial charge in [0.15, 0.2) is 0 Å². The summed E-state index contributed by atoms with van der Waals surface area (Å²) < 4.78 is 31.6. The molecule has 78 valence electrons. The minimum atomic E-state index is -4.67. The molecule has 0 radical (unpaired) electrons. The number of aliphatic carboxylic acids is 1. The van der Waals surface area contributed by atoms with E-state index in [2.05, 4.69) is 0 Å². The van der Waals surface area contributed by atoms with Gasteiger partial charge in [-0.15, -0.1) is 0 Å². The fourth-order valence-electron chi connectivity index (χ4n) is 0. The first-order valence-electron chi connectivity index (χ1n) is 2.19. The molecular formula is C3H14N2O6S. The van der Waals surface area contributed by atoms with Crippen LogP contribution in [0.2, 0.25) is 0 Å². The maximum atomic E-state index is 9.37. The number of hydrogen-bond acceptors (Lipinski definition) is 5. The van der Waals surface area contributed by atoms with Crippen molar-refractivity contribution in [2.45, 2.75) is 13.3 Å². The van der Waals surface area contributed by atoms with Crippen molar-refractivity contribution in [2.24, 2.45) is 0 Å². The number of hydrogen-bond donors (Lipinski definition) is 5. The van der Waals surface area contributed by atoms with Crippen LogP contribution in [-0.2, 0) is 15.2 Å². The summed E-state index contributed by atoms with van der Waals surface area (Å²) in [5.74, 6) is -0.745. The van der Waals surface area contributed by atoms with Crippen molar-refractivity contribution in [1.82, 2.24) is 12.3 Å². The third-order valence-electron chi connectivity index (χ3n) is 0.302. The molecule has 0 aromatic rings. The van der Waals surface area contributed by atoms with Crippen LogP contribution in [-0.4, -0.2) is 28.6 Å². The molecule has 0 aromatic carbocycles. The normalized spacial score (nSPS) is 7.92. The smallest absolute Gasteiger partial charge is 0.394 e. The maximum Gasteiger partial charge on any atom is 0.394 e. The van der Waals surface area contributed by atoms with E-state index in [9.17, 15) is 4.79 Å². The highest BCUT2D eigenvalue weighted by atomic mass is 32.3. The zero-order chi connectivity index (χ0) is 8.78. The number of carbonyl (C=O) groups is 1. The Morgan fingerprint density at radius 1 is 1.25 bits per heavy atom. The fraction of sp³-hybridized carbons (Fsp3) is 0.667. The van der Waals surface area contributed by atoms with Gasteiger partial charge in [-0.25, -0.2) is 0 Å². The highest BCUT2D eigenvalue weighted by molar-refractivity contribution is 7.79. The molecule has 0 saturated carbocycles. The van der Waals surface area contributed by atoms with Gasteiger partial charge in [-0.2, -0.15) is 8.42 Å². The molecule has 0 unspecified atom stereocenters. The Balaban J connectivity index is -0.0000000457. The number of rotatable bonds is 1. The second kappa shape index (κ2) is 10.3. The summed E-state index contributed by atoms with van der Waals surface area (Å²) in [5.41, 5.74) is 0. The van der Waals surface area contributed by atoms with Crippen LogP contribution < -0.4 is 12.3 Å². The summed E-state index contributed by atoms with van der Waals surface area (Å²) in [5, 5.41) is 7.72. The molecule has 9 heteroatoms. The summed E-state index contributed by atoms with van der Waals surface area (Å²) in [4.78, 5) is 9.37. The minimum absolute atomic E-state index is 0. The highest BCUT2D eigenvalue weighted by Crippen LogP contribution is 1.67. The van der Waals surface area contributed by atoms with Gasteiger partial charge >= 0.3 is 16.4 Å². The van der Waals surface area contributed by atoms with E-state index in [0.717, 1.165) is 0 Å². The van der Waals surface area contributed by atoms with E-state index in [4.69, 9.17) is 22.6 Å². The molecule has 0 bridgehead atoms. The lowest BCUT2D eigenvalue weighted by Crippen LogP contribution is -1.89. The fourth-order valence-corrected chi connectivity index (χ4v) is 0. The monoisotopic (exact) mass is 206 g/mol. The van der Waals surface area contributed by atoms with Crippen LogP contribution in [0.5, 0.6) is 0 Å². The summed E-state index contributed by atoms with van der Waals surface area (Å²) in [6, 6.07) is 0. The summed E-state index contributed by atoms with van der Waals surface area (Å²) in [6.07, 6.45) is 0.222. The third kappa shape index (κ3) is 398. The van der Waals surface area contributed by atoms with Gasteiger partial charge in [-0.3, -0.25) is 13.9 Å². The lowest BCUT2D eigenvalue weighted by atomic mass is 10.5. The summed E-state index contributed by atoms with van der Waals surface area (Å²) in [7, 11) is -4.67. The van der Waals surface area contributed by atoms with E-state index in [1.807, 2.05) is 0 Å². The second-order valence-electron chi connectivity index (χ2n) is 1.20. The van der Waals surface area contributed by atoms with Crippen molar-refractivity contribution in [1.29, 1.82) is 0 Å². The van der Waals surface area contributed by atoms with Gasteiger partial charge in [0.25, 0.3) is 0 Å². The Bertz CT molecular complexity index is 179. The van der Waals surface area contributed by atoms with Crippen LogP contribution in [0.15, 0.2) is 0 Å². The topological polar surface area (TPSA) is 182 Å². The second-order valence-corrected chi connectivity index (χ2v) is 2.09. The summed E-state index contributed by atoms with van der Waals surface area (Å²) in [6.45, 7) is 1.60. The van der Waals surface area contributed by atoms with Crippen LogP contribution in [0.4, 0.5) is 0 Å². The molecule has 0 amide bonds. The largest absolute Gasteiger partial charge is 0.481 e. The van der Waals surface area contributed by atoms with Crippen LogP contribution in [0, 0.1) is 0 Å². The number of carboxylic acids is 1. The Kier molecular flexibility index (Phi) is 19.2. The quantitative estimate of drug-likeness (QED) is 0.375. The average molecular weight is 206 g/mol. The number of carboxylic acid groups (broad SMARTS) is 1. The van der Waals surface area contributed by atoms with E-state index >= 15 is 0 Å². The van der Waals surface area contributed by atoms with Gasteiger partial charge in [-0.1, -0.05) is 6.92 Å². The maximum absolute atomic E-state index is 9.37. The van der Waals surface area contributed by atoms with E-state index < -0.39 is 16.4 Å². The predicted molar refractivity (Wildman–Crippen MR) is 42.1 cm³/mol. The molecule has 0 aliphatic carbocycles. The Morgan fingerprint density at radius 2 is 1.33 bits per heavy atom. The molecule has 0 aliphatic rings. The first kappa shape index (κ1) is 22.5. The zero-order valence-electron chi connectivity index (χ0n) is 6.60. The standard InChI is InChI=1S/C3H6O2.2H3N.H2O4S/c1-2-3(4)5;;;1-5(2,3)4/h2H2,1H3,(H,4,5);2*1H3;(H2,1,2,3,4). The lowest BCUT2D eigenvalue weighted by Gasteiger charge is -1.71. The molecule has 0 heterocycles. The average Bonchev–Trinajstić information content (AvgIpc) is 1.61. The molecule has 12 heavy (non-hydrogen) atoms. The molecule has 0 saturated heterocycles. The molecule has 9 N–H and O–H groups in total. The van der Waals surface area contributed by atoms with E-state index in [-0.39, 0.29) is 18.7 Å². The molecule has 0 aliphatic heterocycles.